The van der Waals surface area contributed by atoms with E-state index in [1.54, 1.807) is 19.2 Å². The normalized spacial score (nSPS) is 16.6. The van der Waals surface area contributed by atoms with Crippen LogP contribution in [0.5, 0.6) is 17.2 Å². The van der Waals surface area contributed by atoms with E-state index in [4.69, 9.17) is 14.2 Å². The maximum absolute atomic E-state index is 12.0. The fraction of sp³-hybridized carbons (Fsp3) is 0.350. The topological polar surface area (TPSA) is 68.8 Å². The summed E-state index contributed by atoms with van der Waals surface area (Å²) in [5.74, 6) is 2.51. The molecule has 0 spiro atoms. The molecule has 0 saturated carbocycles. The molecule has 1 aliphatic rings. The number of carbonyl (C=O) groups is 1. The van der Waals surface area contributed by atoms with Crippen molar-refractivity contribution >= 4 is 11.7 Å². The van der Waals surface area contributed by atoms with Gasteiger partial charge in [0.05, 0.1) is 13.7 Å². The number of urea groups is 1. The van der Waals surface area contributed by atoms with Gasteiger partial charge in [-0.25, -0.2) is 4.79 Å². The third-order valence-corrected chi connectivity index (χ3v) is 4.19. The smallest absolute Gasteiger partial charge is 0.319 e. The highest BCUT2D eigenvalue weighted by molar-refractivity contribution is 5.89. The van der Waals surface area contributed by atoms with E-state index in [0.717, 1.165) is 31.8 Å². The van der Waals surface area contributed by atoms with Crippen LogP contribution in [0.3, 0.4) is 0 Å². The van der Waals surface area contributed by atoms with Crippen molar-refractivity contribution in [1.82, 2.24) is 5.32 Å². The number of rotatable bonds is 6. The molecule has 3 rings (SSSR count). The van der Waals surface area contributed by atoms with Crippen LogP contribution in [0.2, 0.25) is 0 Å². The molecule has 6 nitrogen and oxygen atoms in total. The summed E-state index contributed by atoms with van der Waals surface area (Å²) in [6.07, 6.45) is 2.15. The van der Waals surface area contributed by atoms with Crippen LogP contribution in [0.15, 0.2) is 48.5 Å². The summed E-state index contributed by atoms with van der Waals surface area (Å²) in [6.45, 7) is 2.17. The Morgan fingerprint density at radius 1 is 1.15 bits per heavy atom. The van der Waals surface area contributed by atoms with Crippen molar-refractivity contribution in [3.8, 4) is 17.2 Å². The highest BCUT2D eigenvalue weighted by Crippen LogP contribution is 2.26. The largest absolute Gasteiger partial charge is 0.497 e. The number of anilines is 1. The molecule has 138 valence electrons. The van der Waals surface area contributed by atoms with Crippen LogP contribution in [0, 0.1) is 5.92 Å². The van der Waals surface area contributed by atoms with Crippen LogP contribution in [-0.2, 0) is 4.74 Å². The Kier molecular flexibility index (Phi) is 6.33. The number of methoxy groups -OCH3 is 1. The lowest BCUT2D eigenvalue weighted by Gasteiger charge is -2.22. The Balaban J connectivity index is 1.48. The molecule has 0 radical (unpaired) electrons. The van der Waals surface area contributed by atoms with E-state index in [0.29, 0.717) is 29.6 Å². The summed E-state index contributed by atoms with van der Waals surface area (Å²) in [6, 6.07) is 14.4. The molecule has 26 heavy (non-hydrogen) atoms. The van der Waals surface area contributed by atoms with Gasteiger partial charge >= 0.3 is 6.03 Å². The van der Waals surface area contributed by atoms with Crippen molar-refractivity contribution in [3.05, 3.63) is 48.5 Å². The van der Waals surface area contributed by atoms with Crippen molar-refractivity contribution in [2.45, 2.75) is 12.8 Å². The third kappa shape index (κ3) is 5.39. The molecule has 1 fully saturated rings. The minimum absolute atomic E-state index is 0.211. The first kappa shape index (κ1) is 18.1. The molecule has 2 N–H and O–H groups in total. The molecule has 2 aromatic carbocycles. The van der Waals surface area contributed by atoms with E-state index >= 15 is 0 Å². The second kappa shape index (κ2) is 9.10. The van der Waals surface area contributed by atoms with E-state index < -0.39 is 0 Å². The van der Waals surface area contributed by atoms with E-state index in [2.05, 4.69) is 10.6 Å². The molecular formula is C20H24N2O4. The number of carbonyl (C=O) groups excluding carboxylic acids is 1. The molecule has 2 aromatic rings. The Morgan fingerprint density at radius 3 is 2.69 bits per heavy atom. The highest BCUT2D eigenvalue weighted by atomic mass is 16.5. The molecule has 6 heteroatoms. The van der Waals surface area contributed by atoms with Gasteiger partial charge in [0.2, 0.25) is 0 Å². The second-order valence-electron chi connectivity index (χ2n) is 6.22. The van der Waals surface area contributed by atoms with Crippen molar-refractivity contribution < 1.29 is 19.0 Å². The minimum Gasteiger partial charge on any atom is -0.497 e. The Labute approximate surface area is 153 Å². The van der Waals surface area contributed by atoms with Gasteiger partial charge < -0.3 is 24.8 Å². The van der Waals surface area contributed by atoms with Crippen LogP contribution in [0.4, 0.5) is 10.5 Å². The summed E-state index contributed by atoms with van der Waals surface area (Å²) in [5, 5.41) is 5.72. The minimum atomic E-state index is -0.211. The van der Waals surface area contributed by atoms with Gasteiger partial charge in [0, 0.05) is 24.9 Å². The quantitative estimate of drug-likeness (QED) is 0.820. The molecule has 0 bridgehead atoms. The molecule has 1 atom stereocenters. The Hall–Kier alpha value is -2.73. The summed E-state index contributed by atoms with van der Waals surface area (Å²) < 4.78 is 16.4. The van der Waals surface area contributed by atoms with Crippen molar-refractivity contribution in [2.75, 3.05) is 32.2 Å². The van der Waals surface area contributed by atoms with Crippen LogP contribution in [-0.4, -0.2) is 32.9 Å². The lowest BCUT2D eigenvalue weighted by Crippen LogP contribution is -2.35. The zero-order valence-electron chi connectivity index (χ0n) is 14.9. The number of benzene rings is 2. The number of hydrogen-bond donors (Lipinski definition) is 2. The van der Waals surface area contributed by atoms with Gasteiger partial charge in [-0.1, -0.05) is 6.07 Å². The van der Waals surface area contributed by atoms with Gasteiger partial charge in [0.1, 0.15) is 17.2 Å². The van der Waals surface area contributed by atoms with Crippen LogP contribution < -0.4 is 20.1 Å². The van der Waals surface area contributed by atoms with Gasteiger partial charge in [-0.3, -0.25) is 0 Å². The SMILES string of the molecule is COc1cccc(Oc2ccc(NC(=O)NC[C@H]3CCCOC3)cc2)c1. The first-order valence-electron chi connectivity index (χ1n) is 8.77. The van der Waals surface area contributed by atoms with E-state index in [1.165, 1.54) is 0 Å². The number of hydrogen-bond acceptors (Lipinski definition) is 4. The Morgan fingerprint density at radius 2 is 1.96 bits per heavy atom. The molecule has 0 unspecified atom stereocenters. The maximum atomic E-state index is 12.0. The summed E-state index contributed by atoms with van der Waals surface area (Å²) in [5.41, 5.74) is 0.709. The zero-order valence-corrected chi connectivity index (χ0v) is 14.9. The number of ether oxygens (including phenoxy) is 3. The van der Waals surface area contributed by atoms with Crippen LogP contribution in [0.25, 0.3) is 0 Å². The second-order valence-corrected chi connectivity index (χ2v) is 6.22. The van der Waals surface area contributed by atoms with E-state index in [9.17, 15) is 4.79 Å². The van der Waals surface area contributed by atoms with Crippen LogP contribution >= 0.6 is 0 Å². The molecule has 0 aliphatic carbocycles. The molecule has 0 aromatic heterocycles. The fourth-order valence-electron chi connectivity index (χ4n) is 2.79. The summed E-state index contributed by atoms with van der Waals surface area (Å²) >= 11 is 0. The van der Waals surface area contributed by atoms with Crippen molar-refractivity contribution in [3.63, 3.8) is 0 Å². The lowest BCUT2D eigenvalue weighted by molar-refractivity contribution is 0.0559. The fourth-order valence-corrected chi connectivity index (χ4v) is 2.79. The standard InChI is InChI=1S/C20H24N2O4/c1-24-18-5-2-6-19(12-18)26-17-9-7-16(8-10-17)22-20(23)21-13-15-4-3-11-25-14-15/h2,5-10,12,15H,3-4,11,13-14H2,1H3,(H2,21,22,23)/t15-/m1/s1. The monoisotopic (exact) mass is 356 g/mol. The Bertz CT molecular complexity index is 712. The molecule has 1 heterocycles. The summed E-state index contributed by atoms with van der Waals surface area (Å²) in [4.78, 5) is 12.0. The van der Waals surface area contributed by atoms with Gasteiger partial charge in [-0.05, 0) is 55.2 Å². The van der Waals surface area contributed by atoms with Crippen LogP contribution in [0.1, 0.15) is 12.8 Å². The van der Waals surface area contributed by atoms with Gasteiger partial charge in [-0.2, -0.15) is 0 Å². The highest BCUT2D eigenvalue weighted by Gasteiger charge is 2.14. The third-order valence-electron chi connectivity index (χ3n) is 4.19. The van der Waals surface area contributed by atoms with Gasteiger partial charge in [-0.15, -0.1) is 0 Å². The lowest BCUT2D eigenvalue weighted by atomic mass is 10.0. The molecular weight excluding hydrogens is 332 g/mol. The predicted molar refractivity (Wildman–Crippen MR) is 100 cm³/mol. The van der Waals surface area contributed by atoms with E-state index in [1.807, 2.05) is 36.4 Å². The molecule has 1 saturated heterocycles. The molecule has 2 amide bonds. The number of nitrogens with one attached hydrogen (secondary N) is 2. The molecule has 1 aliphatic heterocycles. The zero-order chi connectivity index (χ0) is 18.2. The van der Waals surface area contributed by atoms with Gasteiger partial charge in [0.15, 0.2) is 0 Å². The first-order chi connectivity index (χ1) is 12.7. The van der Waals surface area contributed by atoms with Gasteiger partial charge in [0.25, 0.3) is 0 Å². The summed E-state index contributed by atoms with van der Waals surface area (Å²) in [7, 11) is 1.62. The number of amides is 2. The predicted octanol–water partition coefficient (Wildman–Crippen LogP) is 4.04. The maximum Gasteiger partial charge on any atom is 0.319 e. The average Bonchev–Trinajstić information content (AvgIpc) is 2.69. The first-order valence-corrected chi connectivity index (χ1v) is 8.77. The van der Waals surface area contributed by atoms with E-state index in [-0.39, 0.29) is 6.03 Å². The average molecular weight is 356 g/mol. The van der Waals surface area contributed by atoms with Crippen molar-refractivity contribution in [1.29, 1.82) is 0 Å². The van der Waals surface area contributed by atoms with Crippen molar-refractivity contribution in [2.24, 2.45) is 5.92 Å².